The van der Waals surface area contributed by atoms with Crippen LogP contribution in [0.2, 0.25) is 0 Å². The Bertz CT molecular complexity index is 493. The molecule has 0 spiro atoms. The van der Waals surface area contributed by atoms with Crippen LogP contribution < -0.4 is 16.8 Å². The van der Waals surface area contributed by atoms with Crippen molar-refractivity contribution in [3.05, 3.63) is 12.4 Å². The molecule has 0 saturated heterocycles. The molecular formula is C14H23N5O2. The molecule has 1 aromatic heterocycles. The quantitative estimate of drug-likeness (QED) is 0.712. The Morgan fingerprint density at radius 1 is 1.38 bits per heavy atom. The summed E-state index contributed by atoms with van der Waals surface area (Å²) in [6, 6.07) is -0.507. The Morgan fingerprint density at radius 2 is 2.10 bits per heavy atom. The number of nitrogens with zero attached hydrogens (tertiary/aromatic N) is 2. The van der Waals surface area contributed by atoms with Crippen LogP contribution in [0.1, 0.15) is 38.5 Å². The molecule has 1 aromatic rings. The minimum atomic E-state index is -0.507. The predicted molar refractivity (Wildman–Crippen MR) is 79.2 cm³/mol. The summed E-state index contributed by atoms with van der Waals surface area (Å²) in [5, 5.41) is 6.67. The topological polar surface area (TPSA) is 116 Å². The van der Waals surface area contributed by atoms with Crippen LogP contribution in [0.4, 0.5) is 5.69 Å². The smallest absolute Gasteiger partial charge is 0.241 e. The number of carbonyl (C=O) groups excluding carboxylic acids is 2. The fourth-order valence-corrected chi connectivity index (χ4v) is 2.80. The number of rotatable bonds is 6. The van der Waals surface area contributed by atoms with Crippen LogP contribution in [-0.2, 0) is 16.1 Å². The van der Waals surface area contributed by atoms with E-state index in [-0.39, 0.29) is 12.5 Å². The fourth-order valence-electron chi connectivity index (χ4n) is 2.80. The molecule has 0 radical (unpaired) electrons. The maximum atomic E-state index is 12.1. The highest BCUT2D eigenvalue weighted by Crippen LogP contribution is 2.27. The van der Waals surface area contributed by atoms with Gasteiger partial charge in [0.25, 0.3) is 0 Å². The van der Waals surface area contributed by atoms with E-state index in [9.17, 15) is 9.59 Å². The molecule has 1 aliphatic carbocycles. The summed E-state index contributed by atoms with van der Waals surface area (Å²) in [4.78, 5) is 22.8. The number of aromatic nitrogens is 2. The molecule has 1 heterocycles. The van der Waals surface area contributed by atoms with Crippen molar-refractivity contribution in [2.75, 3.05) is 5.32 Å². The van der Waals surface area contributed by atoms with Crippen LogP contribution >= 0.6 is 0 Å². The molecule has 1 atom stereocenters. The standard InChI is InChI=1S/C14H23N5O2/c15-12(6-10-4-2-1-3-5-10)14(21)18-11-7-17-19(8-11)9-13(16)20/h7-8,10,12H,1-6,9,15H2,(H2,16,20)(H,18,21). The summed E-state index contributed by atoms with van der Waals surface area (Å²) < 4.78 is 1.38. The van der Waals surface area contributed by atoms with Crippen molar-refractivity contribution in [1.29, 1.82) is 0 Å². The molecule has 1 unspecified atom stereocenters. The summed E-state index contributed by atoms with van der Waals surface area (Å²) in [5.74, 6) is -0.138. The number of nitrogens with one attached hydrogen (secondary N) is 1. The minimum absolute atomic E-state index is 0.00992. The van der Waals surface area contributed by atoms with E-state index in [1.807, 2.05) is 0 Å². The zero-order chi connectivity index (χ0) is 15.2. The van der Waals surface area contributed by atoms with Gasteiger partial charge in [-0.05, 0) is 12.3 Å². The van der Waals surface area contributed by atoms with E-state index in [0.29, 0.717) is 11.6 Å². The highest BCUT2D eigenvalue weighted by molar-refractivity contribution is 5.94. The highest BCUT2D eigenvalue weighted by atomic mass is 16.2. The Balaban J connectivity index is 1.82. The molecular weight excluding hydrogens is 270 g/mol. The third-order valence-electron chi connectivity index (χ3n) is 3.87. The summed E-state index contributed by atoms with van der Waals surface area (Å²) in [6.45, 7) is -0.00992. The lowest BCUT2D eigenvalue weighted by Gasteiger charge is -2.23. The van der Waals surface area contributed by atoms with Gasteiger partial charge in [-0.15, -0.1) is 0 Å². The van der Waals surface area contributed by atoms with Gasteiger partial charge in [-0.3, -0.25) is 14.3 Å². The van der Waals surface area contributed by atoms with Gasteiger partial charge in [-0.1, -0.05) is 32.1 Å². The van der Waals surface area contributed by atoms with Crippen molar-refractivity contribution in [3.63, 3.8) is 0 Å². The number of nitrogens with two attached hydrogens (primary N) is 2. The van der Waals surface area contributed by atoms with Crippen molar-refractivity contribution < 1.29 is 9.59 Å². The van der Waals surface area contributed by atoms with Crippen LogP contribution in [0.5, 0.6) is 0 Å². The largest absolute Gasteiger partial charge is 0.368 e. The number of hydrogen-bond acceptors (Lipinski definition) is 4. The van der Waals surface area contributed by atoms with Gasteiger partial charge in [0.05, 0.1) is 17.9 Å². The van der Waals surface area contributed by atoms with Crippen LogP contribution in [0.15, 0.2) is 12.4 Å². The van der Waals surface area contributed by atoms with E-state index in [4.69, 9.17) is 11.5 Å². The van der Waals surface area contributed by atoms with Crippen LogP contribution in [0, 0.1) is 5.92 Å². The van der Waals surface area contributed by atoms with Crippen molar-refractivity contribution in [3.8, 4) is 0 Å². The first kappa shape index (κ1) is 15.5. The van der Waals surface area contributed by atoms with E-state index in [1.165, 1.54) is 30.1 Å². The van der Waals surface area contributed by atoms with Crippen LogP contribution in [-0.4, -0.2) is 27.6 Å². The molecule has 5 N–H and O–H groups in total. The summed E-state index contributed by atoms with van der Waals surface area (Å²) in [7, 11) is 0. The summed E-state index contributed by atoms with van der Waals surface area (Å²) in [5.41, 5.74) is 11.6. The average molecular weight is 293 g/mol. The van der Waals surface area contributed by atoms with Gasteiger partial charge in [0.1, 0.15) is 6.54 Å². The molecule has 7 heteroatoms. The third-order valence-corrected chi connectivity index (χ3v) is 3.87. The molecule has 1 fully saturated rings. The summed E-state index contributed by atoms with van der Waals surface area (Å²) >= 11 is 0. The molecule has 7 nitrogen and oxygen atoms in total. The van der Waals surface area contributed by atoms with Crippen LogP contribution in [0.3, 0.4) is 0 Å². The Morgan fingerprint density at radius 3 is 2.76 bits per heavy atom. The molecule has 2 rings (SSSR count). The van der Waals surface area contributed by atoms with Gasteiger partial charge in [0.15, 0.2) is 0 Å². The number of anilines is 1. The maximum Gasteiger partial charge on any atom is 0.241 e. The molecule has 0 bridgehead atoms. The lowest BCUT2D eigenvalue weighted by Crippen LogP contribution is -2.37. The minimum Gasteiger partial charge on any atom is -0.368 e. The second kappa shape index (κ2) is 7.21. The zero-order valence-electron chi connectivity index (χ0n) is 12.1. The monoisotopic (exact) mass is 293 g/mol. The molecule has 2 amide bonds. The normalized spacial score (nSPS) is 17.4. The fraction of sp³-hybridized carbons (Fsp3) is 0.643. The zero-order valence-corrected chi connectivity index (χ0v) is 12.1. The van der Waals surface area contributed by atoms with Crippen molar-refractivity contribution in [2.24, 2.45) is 17.4 Å². The lowest BCUT2D eigenvalue weighted by molar-refractivity contribution is -0.119. The first-order valence-corrected chi connectivity index (χ1v) is 7.42. The number of carbonyl (C=O) groups is 2. The van der Waals surface area contributed by atoms with Gasteiger partial charge >= 0.3 is 0 Å². The van der Waals surface area contributed by atoms with Gasteiger partial charge < -0.3 is 16.8 Å². The number of primary amides is 1. The summed E-state index contributed by atoms with van der Waals surface area (Å²) in [6.07, 6.45) is 9.86. The highest BCUT2D eigenvalue weighted by Gasteiger charge is 2.21. The van der Waals surface area contributed by atoms with E-state index < -0.39 is 11.9 Å². The van der Waals surface area contributed by atoms with Crippen molar-refractivity contribution in [1.82, 2.24) is 9.78 Å². The molecule has 0 aliphatic heterocycles. The van der Waals surface area contributed by atoms with E-state index >= 15 is 0 Å². The Hall–Kier alpha value is -1.89. The van der Waals surface area contributed by atoms with E-state index in [1.54, 1.807) is 6.20 Å². The van der Waals surface area contributed by atoms with E-state index in [2.05, 4.69) is 10.4 Å². The van der Waals surface area contributed by atoms with Crippen molar-refractivity contribution >= 4 is 17.5 Å². The first-order valence-electron chi connectivity index (χ1n) is 7.42. The van der Waals surface area contributed by atoms with E-state index in [0.717, 1.165) is 19.3 Å². The molecule has 21 heavy (non-hydrogen) atoms. The second-order valence-electron chi connectivity index (χ2n) is 5.73. The van der Waals surface area contributed by atoms with Crippen LogP contribution in [0.25, 0.3) is 0 Å². The maximum absolute atomic E-state index is 12.1. The molecule has 1 saturated carbocycles. The first-order chi connectivity index (χ1) is 10.0. The molecule has 0 aromatic carbocycles. The van der Waals surface area contributed by atoms with Gasteiger partial charge in [0.2, 0.25) is 11.8 Å². The number of hydrogen-bond donors (Lipinski definition) is 3. The third kappa shape index (κ3) is 4.86. The predicted octanol–water partition coefficient (Wildman–Crippen LogP) is 0.605. The SMILES string of the molecule is NC(=O)Cn1cc(NC(=O)C(N)CC2CCCCC2)cn1. The Labute approximate surface area is 124 Å². The lowest BCUT2D eigenvalue weighted by atomic mass is 9.85. The molecule has 116 valence electrons. The van der Waals surface area contributed by atoms with Crippen molar-refractivity contribution in [2.45, 2.75) is 51.1 Å². The van der Waals surface area contributed by atoms with Gasteiger partial charge in [-0.2, -0.15) is 5.10 Å². The molecule has 1 aliphatic rings. The van der Waals surface area contributed by atoms with Gasteiger partial charge in [0, 0.05) is 6.20 Å². The second-order valence-corrected chi connectivity index (χ2v) is 5.73. The van der Waals surface area contributed by atoms with Gasteiger partial charge in [-0.25, -0.2) is 0 Å². The average Bonchev–Trinajstić information content (AvgIpc) is 2.86. The number of amides is 2. The Kier molecular flexibility index (Phi) is 5.32.